The second kappa shape index (κ2) is 5.63. The van der Waals surface area contributed by atoms with Crippen LogP contribution in [0.3, 0.4) is 0 Å². The summed E-state index contributed by atoms with van der Waals surface area (Å²) in [4.78, 5) is 0. The molecule has 0 spiro atoms. The van der Waals surface area contributed by atoms with Gasteiger partial charge in [0.2, 0.25) is 0 Å². The van der Waals surface area contributed by atoms with Crippen molar-refractivity contribution in [3.8, 4) is 0 Å². The highest BCUT2D eigenvalue weighted by molar-refractivity contribution is 6.20. The van der Waals surface area contributed by atoms with Gasteiger partial charge in [0.05, 0.1) is 0 Å². The van der Waals surface area contributed by atoms with Crippen molar-refractivity contribution in [3.05, 3.63) is 34.9 Å². The topological polar surface area (TPSA) is 0 Å². The van der Waals surface area contributed by atoms with Gasteiger partial charge in [-0.1, -0.05) is 18.2 Å². The number of alkyl halides is 2. The molecular formula is C12H16Cl2. The van der Waals surface area contributed by atoms with Crippen LogP contribution >= 0.6 is 23.2 Å². The van der Waals surface area contributed by atoms with Gasteiger partial charge in [-0.05, 0) is 42.9 Å². The SMILES string of the molecule is Cc1cccc(C)c1CC(CCl)CCl. The summed E-state index contributed by atoms with van der Waals surface area (Å²) in [6, 6.07) is 6.37. The van der Waals surface area contributed by atoms with Crippen LogP contribution in [0.15, 0.2) is 18.2 Å². The standard InChI is InChI=1S/C12H16Cl2/c1-9-4-3-5-10(2)12(9)6-11(7-13)8-14/h3-5,11H,6-8H2,1-2H3. The van der Waals surface area contributed by atoms with Crippen LogP contribution < -0.4 is 0 Å². The fourth-order valence-electron chi connectivity index (χ4n) is 1.61. The van der Waals surface area contributed by atoms with Gasteiger partial charge < -0.3 is 0 Å². The van der Waals surface area contributed by atoms with E-state index in [0.29, 0.717) is 17.7 Å². The van der Waals surface area contributed by atoms with E-state index in [0.717, 1.165) is 6.42 Å². The van der Waals surface area contributed by atoms with Crippen LogP contribution in [0.4, 0.5) is 0 Å². The van der Waals surface area contributed by atoms with Gasteiger partial charge in [0.15, 0.2) is 0 Å². The highest BCUT2D eigenvalue weighted by Gasteiger charge is 2.10. The molecule has 1 aromatic rings. The van der Waals surface area contributed by atoms with E-state index in [1.165, 1.54) is 16.7 Å². The maximum absolute atomic E-state index is 5.84. The van der Waals surface area contributed by atoms with Crippen LogP contribution in [-0.4, -0.2) is 11.8 Å². The van der Waals surface area contributed by atoms with Gasteiger partial charge in [-0.25, -0.2) is 0 Å². The Labute approximate surface area is 96.2 Å². The Kier molecular flexibility index (Phi) is 4.77. The predicted octanol–water partition coefficient (Wildman–Crippen LogP) is 3.94. The summed E-state index contributed by atoms with van der Waals surface area (Å²) < 4.78 is 0. The molecule has 78 valence electrons. The lowest BCUT2D eigenvalue weighted by molar-refractivity contribution is 0.657. The van der Waals surface area contributed by atoms with Crippen molar-refractivity contribution in [2.24, 2.45) is 5.92 Å². The molecule has 2 heteroatoms. The summed E-state index contributed by atoms with van der Waals surface area (Å²) >= 11 is 11.7. The summed E-state index contributed by atoms with van der Waals surface area (Å²) in [5.74, 6) is 1.66. The molecule has 14 heavy (non-hydrogen) atoms. The zero-order valence-corrected chi connectivity index (χ0v) is 10.2. The molecule has 1 aromatic carbocycles. The molecule has 0 fully saturated rings. The Balaban J connectivity index is 2.84. The molecule has 0 saturated heterocycles. The van der Waals surface area contributed by atoms with E-state index in [1.54, 1.807) is 0 Å². The lowest BCUT2D eigenvalue weighted by Gasteiger charge is -2.14. The summed E-state index contributed by atoms with van der Waals surface area (Å²) in [5.41, 5.74) is 4.08. The largest absolute Gasteiger partial charge is 0.126 e. The van der Waals surface area contributed by atoms with Crippen LogP contribution in [0.25, 0.3) is 0 Å². The first-order chi connectivity index (χ1) is 6.69. The zero-order chi connectivity index (χ0) is 10.6. The zero-order valence-electron chi connectivity index (χ0n) is 8.69. The highest BCUT2D eigenvalue weighted by Crippen LogP contribution is 2.19. The first-order valence-corrected chi connectivity index (χ1v) is 5.93. The fourth-order valence-corrected chi connectivity index (χ4v) is 2.16. The average molecular weight is 231 g/mol. The Bertz CT molecular complexity index is 270. The fraction of sp³-hybridized carbons (Fsp3) is 0.500. The van der Waals surface area contributed by atoms with Crippen LogP contribution in [0.5, 0.6) is 0 Å². The van der Waals surface area contributed by atoms with Gasteiger partial charge in [0, 0.05) is 11.8 Å². The van der Waals surface area contributed by atoms with Gasteiger partial charge in [0.1, 0.15) is 0 Å². The second-order valence-corrected chi connectivity index (χ2v) is 4.37. The molecule has 0 heterocycles. The van der Waals surface area contributed by atoms with E-state index < -0.39 is 0 Å². The molecule has 0 nitrogen and oxygen atoms in total. The Morgan fingerprint density at radius 2 is 1.57 bits per heavy atom. The Morgan fingerprint density at radius 1 is 1.07 bits per heavy atom. The smallest absolute Gasteiger partial charge is 0.0266 e. The summed E-state index contributed by atoms with van der Waals surface area (Å²) in [6.07, 6.45) is 0.992. The minimum Gasteiger partial charge on any atom is -0.126 e. The van der Waals surface area contributed by atoms with E-state index in [2.05, 4.69) is 32.0 Å². The van der Waals surface area contributed by atoms with Gasteiger partial charge >= 0.3 is 0 Å². The first-order valence-electron chi connectivity index (χ1n) is 4.86. The lowest BCUT2D eigenvalue weighted by atomic mass is 9.94. The summed E-state index contributed by atoms with van der Waals surface area (Å²) in [5, 5.41) is 0. The number of halogens is 2. The van der Waals surface area contributed by atoms with E-state index in [1.807, 2.05) is 0 Å². The number of rotatable bonds is 4. The average Bonchev–Trinajstić information content (AvgIpc) is 2.18. The van der Waals surface area contributed by atoms with Crippen molar-refractivity contribution in [2.45, 2.75) is 20.3 Å². The third-order valence-electron chi connectivity index (χ3n) is 2.57. The van der Waals surface area contributed by atoms with Crippen molar-refractivity contribution in [3.63, 3.8) is 0 Å². The molecule has 0 unspecified atom stereocenters. The molecule has 0 amide bonds. The van der Waals surface area contributed by atoms with Crippen molar-refractivity contribution in [2.75, 3.05) is 11.8 Å². The number of benzene rings is 1. The molecule has 0 N–H and O–H groups in total. The molecule has 0 radical (unpaired) electrons. The number of hydrogen-bond donors (Lipinski definition) is 0. The van der Waals surface area contributed by atoms with E-state index in [4.69, 9.17) is 23.2 Å². The molecule has 0 aromatic heterocycles. The van der Waals surface area contributed by atoms with E-state index >= 15 is 0 Å². The van der Waals surface area contributed by atoms with Gasteiger partial charge in [-0.2, -0.15) is 0 Å². The van der Waals surface area contributed by atoms with Crippen LogP contribution in [0.1, 0.15) is 16.7 Å². The third kappa shape index (κ3) is 2.90. The van der Waals surface area contributed by atoms with Crippen molar-refractivity contribution >= 4 is 23.2 Å². The van der Waals surface area contributed by atoms with Crippen molar-refractivity contribution in [1.82, 2.24) is 0 Å². The third-order valence-corrected chi connectivity index (χ3v) is 3.45. The molecule has 1 rings (SSSR count). The normalized spacial score (nSPS) is 10.9. The lowest BCUT2D eigenvalue weighted by Crippen LogP contribution is -2.10. The van der Waals surface area contributed by atoms with Gasteiger partial charge in [0.25, 0.3) is 0 Å². The minimum atomic E-state index is 0.387. The Morgan fingerprint density at radius 3 is 2.00 bits per heavy atom. The van der Waals surface area contributed by atoms with Crippen LogP contribution in [-0.2, 0) is 6.42 Å². The summed E-state index contributed by atoms with van der Waals surface area (Å²) in [7, 11) is 0. The molecule has 0 bridgehead atoms. The maximum Gasteiger partial charge on any atom is 0.0266 e. The molecule has 0 saturated carbocycles. The van der Waals surface area contributed by atoms with Gasteiger partial charge in [-0.3, -0.25) is 0 Å². The number of hydrogen-bond acceptors (Lipinski definition) is 0. The maximum atomic E-state index is 5.84. The van der Waals surface area contributed by atoms with Crippen molar-refractivity contribution < 1.29 is 0 Å². The van der Waals surface area contributed by atoms with E-state index in [-0.39, 0.29) is 0 Å². The second-order valence-electron chi connectivity index (χ2n) is 3.75. The predicted molar refractivity (Wildman–Crippen MR) is 64.6 cm³/mol. The highest BCUT2D eigenvalue weighted by atomic mass is 35.5. The molecular weight excluding hydrogens is 215 g/mol. The van der Waals surface area contributed by atoms with Crippen LogP contribution in [0.2, 0.25) is 0 Å². The quantitative estimate of drug-likeness (QED) is 0.688. The first kappa shape index (κ1) is 11.9. The van der Waals surface area contributed by atoms with Crippen molar-refractivity contribution in [1.29, 1.82) is 0 Å². The molecule has 0 aliphatic heterocycles. The monoisotopic (exact) mass is 230 g/mol. The molecule has 0 aliphatic carbocycles. The Hall–Kier alpha value is -0.200. The minimum absolute atomic E-state index is 0.387. The number of aryl methyl sites for hydroxylation is 2. The molecule has 0 aliphatic rings. The van der Waals surface area contributed by atoms with Gasteiger partial charge in [-0.15, -0.1) is 23.2 Å². The molecule has 0 atom stereocenters. The van der Waals surface area contributed by atoms with E-state index in [9.17, 15) is 0 Å². The van der Waals surface area contributed by atoms with Crippen LogP contribution in [0, 0.1) is 19.8 Å². The summed E-state index contributed by atoms with van der Waals surface area (Å²) in [6.45, 7) is 4.28.